The van der Waals surface area contributed by atoms with E-state index in [0.717, 1.165) is 16.7 Å². The van der Waals surface area contributed by atoms with Crippen molar-refractivity contribution in [1.82, 2.24) is 15.5 Å². The fourth-order valence-corrected chi connectivity index (χ4v) is 2.93. The number of hydrogen-bond acceptors (Lipinski definition) is 4. The molecule has 144 valence electrons. The van der Waals surface area contributed by atoms with Gasteiger partial charge in [-0.3, -0.25) is 4.79 Å². The number of amides is 1. The molecule has 4 aromatic rings. The van der Waals surface area contributed by atoms with Crippen LogP contribution in [0.1, 0.15) is 21.5 Å². The maximum atomic E-state index is 12.4. The fourth-order valence-electron chi connectivity index (χ4n) is 2.80. The minimum Gasteiger partial charge on any atom is -0.416 e. The monoisotopic (exact) mass is 403 g/mol. The van der Waals surface area contributed by atoms with Crippen molar-refractivity contribution in [2.75, 3.05) is 0 Å². The zero-order valence-corrected chi connectivity index (χ0v) is 16.5. The Balaban J connectivity index is 1.43. The topological polar surface area (TPSA) is 68.0 Å². The summed E-state index contributed by atoms with van der Waals surface area (Å²) in [6.45, 7) is 2.46. The van der Waals surface area contributed by atoms with Gasteiger partial charge in [-0.05, 0) is 61.0 Å². The summed E-state index contributed by atoms with van der Waals surface area (Å²) in [5.41, 5.74) is 4.32. The normalized spacial score (nSPS) is 10.7. The van der Waals surface area contributed by atoms with Crippen LogP contribution < -0.4 is 5.32 Å². The molecule has 6 heteroatoms. The molecule has 1 aromatic heterocycles. The first-order chi connectivity index (χ1) is 14.1. The third kappa shape index (κ3) is 4.52. The summed E-state index contributed by atoms with van der Waals surface area (Å²) in [5.74, 6) is 0.718. The zero-order chi connectivity index (χ0) is 20.2. The summed E-state index contributed by atoms with van der Waals surface area (Å²) in [6.07, 6.45) is 0. The highest BCUT2D eigenvalue weighted by Gasteiger charge is 2.12. The van der Waals surface area contributed by atoms with E-state index in [9.17, 15) is 4.79 Å². The molecule has 1 N–H and O–H groups in total. The predicted molar refractivity (Wildman–Crippen MR) is 113 cm³/mol. The second kappa shape index (κ2) is 8.29. The maximum Gasteiger partial charge on any atom is 0.251 e. The SMILES string of the molecule is Cc1ccc(-c2nnc(-c3ccc(C(=O)NCc4ccc(Cl)cc4)cc3)o2)cc1. The quantitative estimate of drug-likeness (QED) is 0.491. The van der Waals surface area contributed by atoms with Gasteiger partial charge in [-0.25, -0.2) is 0 Å². The maximum absolute atomic E-state index is 12.4. The molecule has 0 bridgehead atoms. The van der Waals surface area contributed by atoms with Crippen LogP contribution in [0.25, 0.3) is 22.9 Å². The van der Waals surface area contributed by atoms with E-state index in [1.54, 1.807) is 36.4 Å². The Bertz CT molecular complexity index is 1120. The highest BCUT2D eigenvalue weighted by Crippen LogP contribution is 2.24. The third-order valence-corrected chi connectivity index (χ3v) is 4.74. The molecule has 1 heterocycles. The molecule has 0 radical (unpaired) electrons. The number of hydrogen-bond donors (Lipinski definition) is 1. The van der Waals surface area contributed by atoms with Gasteiger partial charge < -0.3 is 9.73 Å². The first kappa shape index (κ1) is 18.9. The first-order valence-corrected chi connectivity index (χ1v) is 9.50. The van der Waals surface area contributed by atoms with Gasteiger partial charge in [0.25, 0.3) is 5.91 Å². The molecule has 3 aromatic carbocycles. The van der Waals surface area contributed by atoms with Crippen molar-refractivity contribution in [3.05, 3.63) is 94.5 Å². The van der Waals surface area contributed by atoms with Crippen LogP contribution in [0.4, 0.5) is 0 Å². The molecule has 0 aliphatic carbocycles. The van der Waals surface area contributed by atoms with E-state index in [-0.39, 0.29) is 5.91 Å². The second-order valence-corrected chi connectivity index (χ2v) is 7.10. The molecule has 0 saturated carbocycles. The number of nitrogens with zero attached hydrogens (tertiary/aromatic N) is 2. The average molecular weight is 404 g/mol. The van der Waals surface area contributed by atoms with E-state index in [1.165, 1.54) is 5.56 Å². The molecule has 5 nitrogen and oxygen atoms in total. The summed E-state index contributed by atoms with van der Waals surface area (Å²) < 4.78 is 5.78. The minimum absolute atomic E-state index is 0.155. The Kier molecular flexibility index (Phi) is 5.40. The van der Waals surface area contributed by atoms with Crippen LogP contribution in [-0.2, 0) is 6.54 Å². The smallest absolute Gasteiger partial charge is 0.251 e. The lowest BCUT2D eigenvalue weighted by molar-refractivity contribution is 0.0951. The Labute approximate surface area is 173 Å². The number of carbonyl (C=O) groups is 1. The van der Waals surface area contributed by atoms with Crippen molar-refractivity contribution in [1.29, 1.82) is 0 Å². The van der Waals surface area contributed by atoms with Crippen LogP contribution in [0.2, 0.25) is 5.02 Å². The standard InChI is InChI=1S/C23H18ClN3O2/c1-15-2-6-18(7-3-15)22-26-27-23(29-22)19-10-8-17(9-11-19)21(28)25-14-16-4-12-20(24)13-5-16/h2-13H,14H2,1H3,(H,25,28). The molecule has 0 atom stereocenters. The summed E-state index contributed by atoms with van der Waals surface area (Å²) in [4.78, 5) is 12.4. The first-order valence-electron chi connectivity index (χ1n) is 9.12. The molecule has 1 amide bonds. The van der Waals surface area contributed by atoms with Gasteiger partial charge in [-0.2, -0.15) is 0 Å². The lowest BCUT2D eigenvalue weighted by Gasteiger charge is -2.06. The Morgan fingerprint density at radius 1 is 0.862 bits per heavy atom. The highest BCUT2D eigenvalue weighted by atomic mass is 35.5. The largest absolute Gasteiger partial charge is 0.416 e. The number of rotatable bonds is 5. The molecule has 0 unspecified atom stereocenters. The van der Waals surface area contributed by atoms with Crippen LogP contribution in [0.15, 0.2) is 77.2 Å². The summed E-state index contributed by atoms with van der Waals surface area (Å²) in [7, 11) is 0. The number of benzene rings is 3. The Morgan fingerprint density at radius 2 is 1.41 bits per heavy atom. The molecule has 0 fully saturated rings. The third-order valence-electron chi connectivity index (χ3n) is 4.48. The van der Waals surface area contributed by atoms with E-state index >= 15 is 0 Å². The lowest BCUT2D eigenvalue weighted by atomic mass is 10.1. The molecular formula is C23H18ClN3O2. The summed E-state index contributed by atoms with van der Waals surface area (Å²) in [5, 5.41) is 11.8. The molecule has 0 saturated heterocycles. The average Bonchev–Trinajstić information content (AvgIpc) is 3.24. The fraction of sp³-hybridized carbons (Fsp3) is 0.0870. The van der Waals surface area contributed by atoms with Crippen molar-refractivity contribution in [2.45, 2.75) is 13.5 Å². The van der Waals surface area contributed by atoms with Crippen molar-refractivity contribution >= 4 is 17.5 Å². The van der Waals surface area contributed by atoms with Crippen LogP contribution in [0.5, 0.6) is 0 Å². The van der Waals surface area contributed by atoms with Gasteiger partial charge in [0.05, 0.1) is 0 Å². The summed E-state index contributed by atoms with van der Waals surface area (Å²) >= 11 is 5.87. The molecule has 29 heavy (non-hydrogen) atoms. The minimum atomic E-state index is -0.155. The van der Waals surface area contributed by atoms with Crippen LogP contribution in [0, 0.1) is 6.92 Å². The van der Waals surface area contributed by atoms with Crippen LogP contribution in [-0.4, -0.2) is 16.1 Å². The second-order valence-electron chi connectivity index (χ2n) is 6.66. The van der Waals surface area contributed by atoms with E-state index in [1.807, 2.05) is 43.3 Å². The molecule has 0 aliphatic heterocycles. The summed E-state index contributed by atoms with van der Waals surface area (Å²) in [6, 6.07) is 22.3. The predicted octanol–water partition coefficient (Wildman–Crippen LogP) is 5.30. The van der Waals surface area contributed by atoms with Gasteiger partial charge in [0, 0.05) is 28.3 Å². The van der Waals surface area contributed by atoms with E-state index in [4.69, 9.17) is 16.0 Å². The molecule has 4 rings (SSSR count). The van der Waals surface area contributed by atoms with Crippen LogP contribution in [0.3, 0.4) is 0 Å². The van der Waals surface area contributed by atoms with Crippen molar-refractivity contribution < 1.29 is 9.21 Å². The van der Waals surface area contributed by atoms with Gasteiger partial charge >= 0.3 is 0 Å². The van der Waals surface area contributed by atoms with Gasteiger partial charge in [0.1, 0.15) is 0 Å². The Morgan fingerprint density at radius 3 is 2.00 bits per heavy atom. The van der Waals surface area contributed by atoms with Crippen molar-refractivity contribution in [3.63, 3.8) is 0 Å². The van der Waals surface area contributed by atoms with Gasteiger partial charge in [-0.15, -0.1) is 10.2 Å². The van der Waals surface area contributed by atoms with Gasteiger partial charge in [-0.1, -0.05) is 41.4 Å². The lowest BCUT2D eigenvalue weighted by Crippen LogP contribution is -2.22. The Hall–Kier alpha value is -3.44. The van der Waals surface area contributed by atoms with Gasteiger partial charge in [0.2, 0.25) is 11.8 Å². The van der Waals surface area contributed by atoms with E-state index in [2.05, 4.69) is 15.5 Å². The van der Waals surface area contributed by atoms with E-state index in [0.29, 0.717) is 28.9 Å². The molecule has 0 aliphatic rings. The molecular weight excluding hydrogens is 386 g/mol. The number of nitrogens with one attached hydrogen (secondary N) is 1. The zero-order valence-electron chi connectivity index (χ0n) is 15.7. The van der Waals surface area contributed by atoms with Crippen LogP contribution >= 0.6 is 11.6 Å². The van der Waals surface area contributed by atoms with Gasteiger partial charge in [0.15, 0.2) is 0 Å². The van der Waals surface area contributed by atoms with Crippen molar-refractivity contribution in [2.24, 2.45) is 0 Å². The number of halogens is 1. The number of aryl methyl sites for hydroxylation is 1. The molecule has 0 spiro atoms. The van der Waals surface area contributed by atoms with E-state index < -0.39 is 0 Å². The number of carbonyl (C=O) groups excluding carboxylic acids is 1. The number of aromatic nitrogens is 2. The van der Waals surface area contributed by atoms with Crippen molar-refractivity contribution in [3.8, 4) is 22.9 Å². The highest BCUT2D eigenvalue weighted by molar-refractivity contribution is 6.30.